The number of imide groups is 1. The molecule has 0 bridgehead atoms. The average molecular weight is 296 g/mol. The maximum atomic E-state index is 12.1. The second kappa shape index (κ2) is 7.79. The summed E-state index contributed by atoms with van der Waals surface area (Å²) in [6, 6.07) is 5.09. The standard InChI is InChI=1S/C14H20N2O3S/c1-4-5-9-15(13(17)11(2)3)14(18)19-16-10-7-6-8-12(16)20/h6-8,10-11H,4-5,9H2,1-3H3. The van der Waals surface area contributed by atoms with Crippen LogP contribution in [0.2, 0.25) is 0 Å². The highest BCUT2D eigenvalue weighted by Gasteiger charge is 2.25. The first-order chi connectivity index (χ1) is 9.47. The third kappa shape index (κ3) is 4.45. The van der Waals surface area contributed by atoms with Crippen molar-refractivity contribution < 1.29 is 14.4 Å². The van der Waals surface area contributed by atoms with Gasteiger partial charge in [0.05, 0.1) is 0 Å². The molecule has 1 aromatic heterocycles. The fourth-order valence-corrected chi connectivity index (χ4v) is 1.72. The molecule has 0 aliphatic heterocycles. The van der Waals surface area contributed by atoms with Crippen LogP contribution in [0.15, 0.2) is 24.4 Å². The largest absolute Gasteiger partial charge is 0.441 e. The third-order valence-corrected chi connectivity index (χ3v) is 3.00. The van der Waals surface area contributed by atoms with Gasteiger partial charge in [0.25, 0.3) is 0 Å². The lowest BCUT2D eigenvalue weighted by molar-refractivity contribution is -0.132. The summed E-state index contributed by atoms with van der Waals surface area (Å²) >= 11 is 5.04. The van der Waals surface area contributed by atoms with Crippen LogP contribution in [-0.2, 0) is 4.79 Å². The van der Waals surface area contributed by atoms with E-state index in [1.165, 1.54) is 10.9 Å². The van der Waals surface area contributed by atoms with Gasteiger partial charge in [-0.3, -0.25) is 4.79 Å². The molecule has 0 N–H and O–H groups in total. The van der Waals surface area contributed by atoms with Gasteiger partial charge in [-0.2, -0.15) is 4.73 Å². The van der Waals surface area contributed by atoms with Crippen molar-refractivity contribution in [2.24, 2.45) is 5.92 Å². The Kier molecular flexibility index (Phi) is 6.38. The van der Waals surface area contributed by atoms with Crippen LogP contribution >= 0.6 is 12.2 Å². The molecule has 1 aromatic rings. The molecule has 0 fully saturated rings. The second-order valence-electron chi connectivity index (χ2n) is 4.72. The van der Waals surface area contributed by atoms with Gasteiger partial charge >= 0.3 is 6.09 Å². The number of pyridine rings is 1. The summed E-state index contributed by atoms with van der Waals surface area (Å²) in [4.78, 5) is 30.5. The Labute approximate surface area is 124 Å². The highest BCUT2D eigenvalue weighted by Crippen LogP contribution is 2.05. The van der Waals surface area contributed by atoms with E-state index < -0.39 is 6.09 Å². The highest BCUT2D eigenvalue weighted by molar-refractivity contribution is 7.71. The van der Waals surface area contributed by atoms with Crippen LogP contribution in [0.5, 0.6) is 0 Å². The molecule has 0 radical (unpaired) electrons. The smallest absolute Gasteiger partial charge is 0.316 e. The van der Waals surface area contributed by atoms with Gasteiger partial charge < -0.3 is 4.84 Å². The van der Waals surface area contributed by atoms with Gasteiger partial charge in [0.1, 0.15) is 4.64 Å². The van der Waals surface area contributed by atoms with Gasteiger partial charge in [-0.05, 0) is 18.6 Å². The van der Waals surface area contributed by atoms with Crippen molar-refractivity contribution in [3.8, 4) is 0 Å². The summed E-state index contributed by atoms with van der Waals surface area (Å²) < 4.78 is 1.55. The van der Waals surface area contributed by atoms with E-state index in [2.05, 4.69) is 0 Å². The molecule has 0 saturated carbocycles. The maximum absolute atomic E-state index is 12.1. The lowest BCUT2D eigenvalue weighted by atomic mass is 10.2. The number of unbranched alkanes of at least 4 members (excludes halogenated alkanes) is 1. The van der Waals surface area contributed by atoms with Crippen LogP contribution in [0.4, 0.5) is 4.79 Å². The Hall–Kier alpha value is -1.69. The zero-order valence-electron chi connectivity index (χ0n) is 12.0. The van der Waals surface area contributed by atoms with Crippen LogP contribution in [0.1, 0.15) is 33.6 Å². The van der Waals surface area contributed by atoms with Gasteiger partial charge in [0, 0.05) is 18.7 Å². The number of aromatic nitrogens is 1. The normalized spacial score (nSPS) is 10.4. The summed E-state index contributed by atoms with van der Waals surface area (Å²) in [5.74, 6) is -0.506. The maximum Gasteiger partial charge on any atom is 0.441 e. The summed E-state index contributed by atoms with van der Waals surface area (Å²) in [6.45, 7) is 5.86. The predicted octanol–water partition coefficient (Wildman–Crippen LogP) is 3.05. The molecule has 6 heteroatoms. The minimum absolute atomic E-state index is 0.245. The monoisotopic (exact) mass is 296 g/mol. The minimum Gasteiger partial charge on any atom is -0.316 e. The van der Waals surface area contributed by atoms with Crippen LogP contribution in [0.3, 0.4) is 0 Å². The van der Waals surface area contributed by atoms with E-state index in [0.29, 0.717) is 11.2 Å². The number of carbonyl (C=O) groups excluding carboxylic acids is 2. The number of nitrogens with zero attached hydrogens (tertiary/aromatic N) is 2. The molecule has 0 unspecified atom stereocenters. The minimum atomic E-state index is -0.695. The Bertz CT molecular complexity index is 525. The molecular formula is C14H20N2O3S. The molecule has 0 atom stereocenters. The highest BCUT2D eigenvalue weighted by atomic mass is 32.1. The van der Waals surface area contributed by atoms with E-state index in [0.717, 1.165) is 17.7 Å². The number of amides is 2. The van der Waals surface area contributed by atoms with Gasteiger partial charge in [0.15, 0.2) is 0 Å². The van der Waals surface area contributed by atoms with Crippen LogP contribution in [0.25, 0.3) is 0 Å². The second-order valence-corrected chi connectivity index (χ2v) is 5.14. The molecule has 0 saturated heterocycles. The molecule has 20 heavy (non-hydrogen) atoms. The number of carbonyl (C=O) groups is 2. The zero-order chi connectivity index (χ0) is 15.1. The molecule has 1 rings (SSSR count). The Balaban J connectivity index is 2.85. The Morgan fingerprint density at radius 1 is 1.40 bits per heavy atom. The van der Waals surface area contributed by atoms with Crippen molar-refractivity contribution >= 4 is 24.2 Å². The summed E-state index contributed by atoms with van der Waals surface area (Å²) in [5.41, 5.74) is 0. The van der Waals surface area contributed by atoms with E-state index in [9.17, 15) is 9.59 Å². The average Bonchev–Trinajstić information content (AvgIpc) is 2.41. The molecule has 110 valence electrons. The quantitative estimate of drug-likeness (QED) is 0.784. The zero-order valence-corrected chi connectivity index (χ0v) is 12.9. The molecule has 1 heterocycles. The van der Waals surface area contributed by atoms with E-state index in [-0.39, 0.29) is 11.8 Å². The number of hydrogen-bond donors (Lipinski definition) is 0. The fraction of sp³-hybridized carbons (Fsp3) is 0.500. The van der Waals surface area contributed by atoms with Gasteiger partial charge in [-0.15, -0.1) is 0 Å². The Morgan fingerprint density at radius 2 is 2.10 bits per heavy atom. The first kappa shape index (κ1) is 16.4. The molecule has 0 spiro atoms. The van der Waals surface area contributed by atoms with Crippen molar-refractivity contribution in [1.82, 2.24) is 9.63 Å². The summed E-state index contributed by atoms with van der Waals surface area (Å²) in [6.07, 6.45) is 2.48. The van der Waals surface area contributed by atoms with Crippen LogP contribution in [0, 0.1) is 10.6 Å². The van der Waals surface area contributed by atoms with Crippen molar-refractivity contribution in [3.63, 3.8) is 0 Å². The SMILES string of the molecule is CCCCN(C(=O)On1ccccc1=S)C(=O)C(C)C. The van der Waals surface area contributed by atoms with Gasteiger partial charge in [-0.25, -0.2) is 9.69 Å². The fourth-order valence-electron chi connectivity index (χ4n) is 1.54. The van der Waals surface area contributed by atoms with Crippen LogP contribution in [-0.4, -0.2) is 28.2 Å². The van der Waals surface area contributed by atoms with Crippen molar-refractivity contribution in [3.05, 3.63) is 29.0 Å². The molecule has 0 aromatic carbocycles. The number of rotatable bonds is 5. The molecule has 5 nitrogen and oxygen atoms in total. The lowest BCUT2D eigenvalue weighted by Gasteiger charge is -2.22. The molecular weight excluding hydrogens is 276 g/mol. The predicted molar refractivity (Wildman–Crippen MR) is 78.7 cm³/mol. The molecule has 0 aliphatic carbocycles. The first-order valence-corrected chi connectivity index (χ1v) is 7.09. The summed E-state index contributed by atoms with van der Waals surface area (Å²) in [7, 11) is 0. The van der Waals surface area contributed by atoms with E-state index in [1.807, 2.05) is 6.92 Å². The molecule has 0 aliphatic rings. The number of hydrogen-bond acceptors (Lipinski definition) is 4. The van der Waals surface area contributed by atoms with E-state index in [4.69, 9.17) is 17.1 Å². The van der Waals surface area contributed by atoms with Crippen molar-refractivity contribution in [1.29, 1.82) is 0 Å². The summed E-state index contributed by atoms with van der Waals surface area (Å²) in [5, 5.41) is 0. The first-order valence-electron chi connectivity index (χ1n) is 6.68. The van der Waals surface area contributed by atoms with Gasteiger partial charge in [0.2, 0.25) is 5.91 Å². The molecule has 2 amide bonds. The van der Waals surface area contributed by atoms with E-state index in [1.54, 1.807) is 32.0 Å². The van der Waals surface area contributed by atoms with Crippen molar-refractivity contribution in [2.75, 3.05) is 6.54 Å². The van der Waals surface area contributed by atoms with E-state index >= 15 is 0 Å². The topological polar surface area (TPSA) is 51.5 Å². The van der Waals surface area contributed by atoms with Crippen LogP contribution < -0.4 is 4.84 Å². The third-order valence-electron chi connectivity index (χ3n) is 2.68. The lowest BCUT2D eigenvalue weighted by Crippen LogP contribution is -2.44. The Morgan fingerprint density at radius 3 is 2.65 bits per heavy atom. The van der Waals surface area contributed by atoms with Crippen molar-refractivity contribution in [2.45, 2.75) is 33.6 Å². The van der Waals surface area contributed by atoms with Gasteiger partial charge in [-0.1, -0.05) is 45.5 Å².